The highest BCUT2D eigenvalue weighted by atomic mass is 31.2. The maximum atomic E-state index is 13.0. The van der Waals surface area contributed by atoms with E-state index in [2.05, 4.69) is 116 Å². The predicted octanol–water partition coefficient (Wildman–Crippen LogP) is 16.0. The number of aliphatic hydroxyl groups excluding tert-OH is 1. The molecule has 0 aliphatic rings. The monoisotopic (exact) mass is 954 g/mol. The van der Waals surface area contributed by atoms with E-state index in [9.17, 15) is 19.4 Å². The number of carbonyl (C=O) groups is 1. The molecule has 67 heavy (non-hydrogen) atoms. The molecule has 384 valence electrons. The number of nitrogens with one attached hydrogen (secondary N) is 1. The van der Waals surface area contributed by atoms with Crippen molar-refractivity contribution < 1.29 is 32.9 Å². The van der Waals surface area contributed by atoms with Crippen LogP contribution in [0.15, 0.2) is 109 Å². The molecule has 9 heteroatoms. The fourth-order valence-electron chi connectivity index (χ4n) is 7.02. The topological polar surface area (TPSA) is 105 Å². The van der Waals surface area contributed by atoms with Gasteiger partial charge in [0.05, 0.1) is 39.9 Å². The molecule has 8 nitrogen and oxygen atoms in total. The largest absolute Gasteiger partial charge is 0.472 e. The number of hydrogen-bond acceptors (Lipinski definition) is 5. The van der Waals surface area contributed by atoms with Gasteiger partial charge in [-0.2, -0.15) is 0 Å². The van der Waals surface area contributed by atoms with Crippen molar-refractivity contribution in [2.75, 3.05) is 40.9 Å². The van der Waals surface area contributed by atoms with Gasteiger partial charge in [0.2, 0.25) is 5.91 Å². The number of amides is 1. The Morgan fingerprint density at radius 2 is 0.910 bits per heavy atom. The van der Waals surface area contributed by atoms with Gasteiger partial charge < -0.3 is 19.8 Å². The highest BCUT2D eigenvalue weighted by molar-refractivity contribution is 7.47. The predicted molar refractivity (Wildman–Crippen MR) is 290 cm³/mol. The van der Waals surface area contributed by atoms with E-state index in [1.165, 1.54) is 83.5 Å². The highest BCUT2D eigenvalue weighted by Crippen LogP contribution is 2.43. The molecule has 1 amide bonds. The molecule has 3 N–H and O–H groups in total. The number of hydrogen-bond donors (Lipinski definition) is 3. The molecule has 0 rings (SSSR count). The van der Waals surface area contributed by atoms with Crippen LogP contribution in [-0.4, -0.2) is 73.4 Å². The zero-order valence-corrected chi connectivity index (χ0v) is 44.5. The summed E-state index contributed by atoms with van der Waals surface area (Å²) < 4.78 is 23.6. The van der Waals surface area contributed by atoms with Gasteiger partial charge in [0.15, 0.2) is 0 Å². The van der Waals surface area contributed by atoms with E-state index < -0.39 is 20.0 Å². The number of phosphoric ester groups is 1. The van der Waals surface area contributed by atoms with Gasteiger partial charge in [-0.3, -0.25) is 13.8 Å². The lowest BCUT2D eigenvalue weighted by Crippen LogP contribution is -2.45. The summed E-state index contributed by atoms with van der Waals surface area (Å²) in [6.45, 7) is 4.65. The number of quaternary nitrogens is 1. The minimum atomic E-state index is -4.37. The zero-order valence-electron chi connectivity index (χ0n) is 43.6. The second-order valence-corrected chi connectivity index (χ2v) is 20.3. The smallest absolute Gasteiger partial charge is 0.387 e. The van der Waals surface area contributed by atoms with Crippen molar-refractivity contribution >= 4 is 13.7 Å². The van der Waals surface area contributed by atoms with Crippen LogP contribution in [0.5, 0.6) is 0 Å². The lowest BCUT2D eigenvalue weighted by atomic mass is 10.1. The Hall–Kier alpha value is -2.84. The first-order chi connectivity index (χ1) is 32.5. The van der Waals surface area contributed by atoms with Crippen molar-refractivity contribution in [2.45, 2.75) is 212 Å². The van der Waals surface area contributed by atoms with Crippen molar-refractivity contribution in [1.29, 1.82) is 0 Å². The summed E-state index contributed by atoms with van der Waals surface area (Å²) in [5, 5.41) is 13.9. The minimum absolute atomic E-state index is 0.0458. The molecule has 0 spiro atoms. The number of allylic oxidation sites excluding steroid dienone is 17. The summed E-state index contributed by atoms with van der Waals surface area (Å²) in [6, 6.07) is -0.882. The molecule has 0 aliphatic heterocycles. The molecule has 0 aliphatic carbocycles. The number of aliphatic hydroxyl groups is 1. The quantitative estimate of drug-likeness (QED) is 0.0243. The molecule has 0 aromatic heterocycles. The summed E-state index contributed by atoms with van der Waals surface area (Å²) in [6.07, 6.45) is 70.3. The van der Waals surface area contributed by atoms with Crippen LogP contribution in [0.4, 0.5) is 0 Å². The number of unbranched alkanes of at least 4 members (excludes halogenated alkanes) is 18. The summed E-state index contributed by atoms with van der Waals surface area (Å²) in [7, 11) is 1.52. The third-order valence-corrected chi connectivity index (χ3v) is 12.2. The molecule has 0 bridgehead atoms. The van der Waals surface area contributed by atoms with Crippen molar-refractivity contribution in [3.05, 3.63) is 109 Å². The molecular formula is C58H102N2O6P+. The average molecular weight is 954 g/mol. The van der Waals surface area contributed by atoms with Gasteiger partial charge in [-0.25, -0.2) is 4.57 Å². The molecule has 0 fully saturated rings. The van der Waals surface area contributed by atoms with E-state index in [0.29, 0.717) is 17.4 Å². The molecule has 0 heterocycles. The number of rotatable bonds is 47. The molecule has 0 aromatic rings. The van der Waals surface area contributed by atoms with Crippen molar-refractivity contribution in [2.24, 2.45) is 0 Å². The van der Waals surface area contributed by atoms with E-state index in [-0.39, 0.29) is 19.1 Å². The molecule has 0 aromatic carbocycles. The number of carbonyl (C=O) groups excluding carboxylic acids is 1. The fourth-order valence-corrected chi connectivity index (χ4v) is 7.75. The minimum Gasteiger partial charge on any atom is -0.387 e. The summed E-state index contributed by atoms with van der Waals surface area (Å²) in [5.74, 6) is -0.205. The molecule has 0 saturated heterocycles. The Balaban J connectivity index is 4.37. The van der Waals surface area contributed by atoms with Crippen LogP contribution in [-0.2, 0) is 18.4 Å². The Kier molecular flexibility index (Phi) is 46.2. The van der Waals surface area contributed by atoms with Crippen LogP contribution in [0.3, 0.4) is 0 Å². The zero-order chi connectivity index (χ0) is 49.2. The van der Waals surface area contributed by atoms with Gasteiger partial charge >= 0.3 is 7.82 Å². The van der Waals surface area contributed by atoms with Gasteiger partial charge in [-0.05, 0) is 96.3 Å². The van der Waals surface area contributed by atoms with Crippen LogP contribution in [0.2, 0.25) is 0 Å². The van der Waals surface area contributed by atoms with E-state index in [1.807, 2.05) is 27.2 Å². The van der Waals surface area contributed by atoms with E-state index in [4.69, 9.17) is 9.05 Å². The van der Waals surface area contributed by atoms with Gasteiger partial charge in [-0.15, -0.1) is 0 Å². The van der Waals surface area contributed by atoms with Gasteiger partial charge in [0, 0.05) is 6.42 Å². The molecule has 0 radical (unpaired) electrons. The van der Waals surface area contributed by atoms with Crippen LogP contribution >= 0.6 is 7.82 Å². The van der Waals surface area contributed by atoms with Crippen LogP contribution in [0.1, 0.15) is 200 Å². The second kappa shape index (κ2) is 48.2. The lowest BCUT2D eigenvalue weighted by Gasteiger charge is -2.25. The Bertz CT molecular complexity index is 1450. The first-order valence-corrected chi connectivity index (χ1v) is 28.3. The second-order valence-electron chi connectivity index (χ2n) is 18.8. The summed E-state index contributed by atoms with van der Waals surface area (Å²) in [4.78, 5) is 23.2. The van der Waals surface area contributed by atoms with Crippen LogP contribution in [0, 0.1) is 0 Å². The van der Waals surface area contributed by atoms with Crippen molar-refractivity contribution in [3.63, 3.8) is 0 Å². The third kappa shape index (κ3) is 50.9. The third-order valence-electron chi connectivity index (χ3n) is 11.2. The average Bonchev–Trinajstić information content (AvgIpc) is 3.29. The molecule has 3 unspecified atom stereocenters. The summed E-state index contributed by atoms with van der Waals surface area (Å²) in [5.41, 5.74) is 0. The first kappa shape index (κ1) is 64.2. The van der Waals surface area contributed by atoms with Gasteiger partial charge in [-0.1, -0.05) is 207 Å². The van der Waals surface area contributed by atoms with E-state index in [0.717, 1.165) is 96.3 Å². The SMILES string of the molecule is CC/C=C\C/C=C\C/C=C\C/C=C\C/C=C\C/C=C\CCCCCCCCCCC(=O)NC(COP(=O)(O)OCC[N+](C)(C)C)C(O)/C=C/CC/C=C/CC/C=C/CCCCCCCCCC. The number of likely N-dealkylation sites (N-methyl/N-ethyl adjacent to an activating group) is 1. The normalized spacial score (nSPS) is 14.9. The maximum Gasteiger partial charge on any atom is 0.472 e. The first-order valence-electron chi connectivity index (χ1n) is 26.8. The van der Waals surface area contributed by atoms with Gasteiger partial charge in [0.25, 0.3) is 0 Å². The molecule has 0 saturated carbocycles. The summed E-state index contributed by atoms with van der Waals surface area (Å²) >= 11 is 0. The Morgan fingerprint density at radius 3 is 1.37 bits per heavy atom. The fraction of sp³-hybridized carbons (Fsp3) is 0.672. The number of phosphoric acid groups is 1. The Morgan fingerprint density at radius 1 is 0.522 bits per heavy atom. The van der Waals surface area contributed by atoms with Crippen molar-refractivity contribution in [3.8, 4) is 0 Å². The van der Waals surface area contributed by atoms with E-state index in [1.54, 1.807) is 6.08 Å². The molecule has 3 atom stereocenters. The Labute approximate surface area is 412 Å². The van der Waals surface area contributed by atoms with Crippen LogP contribution in [0.25, 0.3) is 0 Å². The standard InChI is InChI=1S/C58H101N2O6P/c1-6-8-10-12-14-16-18-20-22-24-26-27-28-29-30-31-32-33-34-36-38-40-42-44-46-48-50-52-58(62)59-56(55-66-67(63,64)65-54-53-60(3,4)5)57(61)51-49-47-45-43-41-39-37-35-25-23-21-19-17-15-13-11-9-7-2/h8,10,14,16,20,22,25-27,29-30,32-33,35,41,43,49,51,56-57,61H,6-7,9,11-13,15,17-19,21,23-24,28,31,34,36-40,42,44-48,50,52-55H2,1-5H3,(H-,59,62,63,64)/p+1/b10-8-,16-14-,22-20-,27-26-,30-29-,33-32-,35-25+,43-41+,51-49+. The maximum absolute atomic E-state index is 13.0. The van der Waals surface area contributed by atoms with Gasteiger partial charge in [0.1, 0.15) is 13.2 Å². The number of nitrogens with zero attached hydrogens (tertiary/aromatic N) is 1. The van der Waals surface area contributed by atoms with Crippen molar-refractivity contribution in [1.82, 2.24) is 5.32 Å². The van der Waals surface area contributed by atoms with Crippen LogP contribution < -0.4 is 5.32 Å². The highest BCUT2D eigenvalue weighted by Gasteiger charge is 2.27. The molecular weight excluding hydrogens is 852 g/mol. The lowest BCUT2D eigenvalue weighted by molar-refractivity contribution is -0.870. The van der Waals surface area contributed by atoms with E-state index >= 15 is 0 Å².